The summed E-state index contributed by atoms with van der Waals surface area (Å²) in [6.45, 7) is 0. The topological polar surface area (TPSA) is 35.2 Å². The van der Waals surface area contributed by atoms with Gasteiger partial charge in [-0.25, -0.2) is 4.39 Å². The number of benzene rings is 1. The molecule has 1 saturated carbocycles. The van der Waals surface area contributed by atoms with Crippen molar-refractivity contribution < 1.29 is 9.13 Å². The third-order valence-corrected chi connectivity index (χ3v) is 3.84. The fourth-order valence-electron chi connectivity index (χ4n) is 2.84. The molecule has 3 heteroatoms. The monoisotopic (exact) mass is 221 g/mol. The molecule has 0 aromatic heterocycles. The minimum atomic E-state index is -0.166. The molecule has 0 saturated heterocycles. The Morgan fingerprint density at radius 2 is 2.06 bits per heavy atom. The van der Waals surface area contributed by atoms with E-state index in [4.69, 9.17) is 10.5 Å². The van der Waals surface area contributed by atoms with Gasteiger partial charge in [-0.15, -0.1) is 0 Å². The van der Waals surface area contributed by atoms with E-state index in [0.29, 0.717) is 12.5 Å². The molecule has 3 rings (SSSR count). The molecule has 1 aromatic carbocycles. The highest BCUT2D eigenvalue weighted by atomic mass is 19.1. The van der Waals surface area contributed by atoms with Crippen LogP contribution >= 0.6 is 0 Å². The Kier molecular flexibility index (Phi) is 2.18. The number of ether oxygens (including phenoxy) is 1. The van der Waals surface area contributed by atoms with Crippen LogP contribution in [0.3, 0.4) is 0 Å². The second-order valence-corrected chi connectivity index (χ2v) is 5.02. The summed E-state index contributed by atoms with van der Waals surface area (Å²) in [4.78, 5) is 0. The molecule has 2 N–H and O–H groups in total. The van der Waals surface area contributed by atoms with E-state index in [-0.39, 0.29) is 11.4 Å². The van der Waals surface area contributed by atoms with Gasteiger partial charge in [-0.1, -0.05) is 6.07 Å². The maximum absolute atomic E-state index is 13.6. The molecular formula is C13H16FNO. The van der Waals surface area contributed by atoms with Gasteiger partial charge < -0.3 is 10.5 Å². The number of hydrogen-bond donors (Lipinski definition) is 1. The Labute approximate surface area is 94.6 Å². The van der Waals surface area contributed by atoms with Gasteiger partial charge in [0, 0.05) is 18.0 Å². The zero-order valence-corrected chi connectivity index (χ0v) is 9.21. The molecule has 16 heavy (non-hydrogen) atoms. The van der Waals surface area contributed by atoms with E-state index in [1.54, 1.807) is 6.07 Å². The zero-order chi connectivity index (χ0) is 11.2. The van der Waals surface area contributed by atoms with Crippen LogP contribution in [-0.2, 0) is 6.42 Å². The summed E-state index contributed by atoms with van der Waals surface area (Å²) in [6, 6.07) is 5.38. The SMILES string of the molecule is NC1CCC2(CC1)Cc1c(F)cccc1O2. The van der Waals surface area contributed by atoms with Crippen LogP contribution in [0.2, 0.25) is 0 Å². The molecule has 0 amide bonds. The first-order valence-electron chi connectivity index (χ1n) is 5.91. The first-order chi connectivity index (χ1) is 7.69. The molecule has 0 atom stereocenters. The predicted octanol–water partition coefficient (Wildman–Crippen LogP) is 2.40. The lowest BCUT2D eigenvalue weighted by molar-refractivity contribution is 0.0473. The van der Waals surface area contributed by atoms with Gasteiger partial charge >= 0.3 is 0 Å². The van der Waals surface area contributed by atoms with Crippen LogP contribution < -0.4 is 10.5 Å². The van der Waals surface area contributed by atoms with E-state index in [1.165, 1.54) is 6.07 Å². The normalized spacial score (nSPS) is 32.5. The van der Waals surface area contributed by atoms with Crippen LogP contribution in [0.5, 0.6) is 5.75 Å². The molecular weight excluding hydrogens is 205 g/mol. The maximum Gasteiger partial charge on any atom is 0.130 e. The van der Waals surface area contributed by atoms with E-state index < -0.39 is 0 Å². The molecule has 2 nitrogen and oxygen atoms in total. The Morgan fingerprint density at radius 3 is 2.75 bits per heavy atom. The van der Waals surface area contributed by atoms with Gasteiger partial charge in [0.25, 0.3) is 0 Å². The standard InChI is InChI=1S/C13H16FNO/c14-11-2-1-3-12-10(11)8-13(16-12)6-4-9(15)5-7-13/h1-3,9H,4-8,15H2. The van der Waals surface area contributed by atoms with E-state index >= 15 is 0 Å². The molecule has 1 aromatic rings. The summed E-state index contributed by atoms with van der Waals surface area (Å²) in [5.41, 5.74) is 6.47. The van der Waals surface area contributed by atoms with E-state index in [2.05, 4.69) is 0 Å². The number of fused-ring (bicyclic) bond motifs is 1. The molecule has 1 aliphatic heterocycles. The lowest BCUT2D eigenvalue weighted by atomic mass is 9.80. The van der Waals surface area contributed by atoms with Crippen molar-refractivity contribution in [2.24, 2.45) is 5.73 Å². The lowest BCUT2D eigenvalue weighted by Crippen LogP contribution is -2.42. The third kappa shape index (κ3) is 1.50. The van der Waals surface area contributed by atoms with Gasteiger partial charge in [0.05, 0.1) is 0 Å². The minimum absolute atomic E-state index is 0.135. The second kappa shape index (κ2) is 3.45. The summed E-state index contributed by atoms with van der Waals surface area (Å²) < 4.78 is 19.6. The first-order valence-corrected chi connectivity index (χ1v) is 5.91. The molecule has 1 heterocycles. The molecule has 2 aliphatic rings. The molecule has 0 bridgehead atoms. The highest BCUT2D eigenvalue weighted by Gasteiger charge is 2.42. The van der Waals surface area contributed by atoms with Crippen molar-refractivity contribution in [2.45, 2.75) is 43.7 Å². The predicted molar refractivity (Wildman–Crippen MR) is 59.9 cm³/mol. The summed E-state index contributed by atoms with van der Waals surface area (Å²) >= 11 is 0. The van der Waals surface area contributed by atoms with Crippen molar-refractivity contribution >= 4 is 0 Å². The average Bonchev–Trinajstić information content (AvgIpc) is 2.63. The van der Waals surface area contributed by atoms with Gasteiger partial charge in [0.1, 0.15) is 17.2 Å². The molecule has 1 aliphatic carbocycles. The van der Waals surface area contributed by atoms with Crippen LogP contribution in [0, 0.1) is 5.82 Å². The molecule has 1 spiro atoms. The van der Waals surface area contributed by atoms with E-state index in [0.717, 1.165) is 37.0 Å². The maximum atomic E-state index is 13.6. The average molecular weight is 221 g/mol. The van der Waals surface area contributed by atoms with Crippen molar-refractivity contribution in [1.82, 2.24) is 0 Å². The van der Waals surface area contributed by atoms with Crippen LogP contribution in [0.1, 0.15) is 31.2 Å². The largest absolute Gasteiger partial charge is 0.487 e. The Morgan fingerprint density at radius 1 is 1.31 bits per heavy atom. The molecule has 0 unspecified atom stereocenters. The van der Waals surface area contributed by atoms with Crippen LogP contribution in [0.15, 0.2) is 18.2 Å². The minimum Gasteiger partial charge on any atom is -0.487 e. The fraction of sp³-hybridized carbons (Fsp3) is 0.538. The van der Waals surface area contributed by atoms with Gasteiger partial charge in [-0.2, -0.15) is 0 Å². The fourth-order valence-corrected chi connectivity index (χ4v) is 2.84. The van der Waals surface area contributed by atoms with Gasteiger partial charge in [0.15, 0.2) is 0 Å². The molecule has 86 valence electrons. The number of rotatable bonds is 0. The quantitative estimate of drug-likeness (QED) is 0.730. The van der Waals surface area contributed by atoms with Crippen molar-refractivity contribution in [3.8, 4) is 5.75 Å². The number of nitrogens with two attached hydrogens (primary N) is 1. The summed E-state index contributed by atoms with van der Waals surface area (Å²) in [7, 11) is 0. The van der Waals surface area contributed by atoms with E-state index in [9.17, 15) is 4.39 Å². The summed E-state index contributed by atoms with van der Waals surface area (Å²) in [5, 5.41) is 0. The highest BCUT2D eigenvalue weighted by Crippen LogP contribution is 2.43. The highest BCUT2D eigenvalue weighted by molar-refractivity contribution is 5.40. The Bertz CT molecular complexity index is 410. The van der Waals surface area contributed by atoms with Crippen molar-refractivity contribution in [2.75, 3.05) is 0 Å². The number of halogens is 1. The van der Waals surface area contributed by atoms with Crippen LogP contribution in [0.25, 0.3) is 0 Å². The Balaban J connectivity index is 1.87. The second-order valence-electron chi connectivity index (χ2n) is 5.02. The summed E-state index contributed by atoms with van der Waals surface area (Å²) in [6.07, 6.45) is 4.57. The van der Waals surface area contributed by atoms with Gasteiger partial charge in [-0.3, -0.25) is 0 Å². The third-order valence-electron chi connectivity index (χ3n) is 3.84. The van der Waals surface area contributed by atoms with Gasteiger partial charge in [0.2, 0.25) is 0 Å². The van der Waals surface area contributed by atoms with Crippen LogP contribution in [0.4, 0.5) is 4.39 Å². The van der Waals surface area contributed by atoms with Crippen molar-refractivity contribution in [1.29, 1.82) is 0 Å². The van der Waals surface area contributed by atoms with Crippen molar-refractivity contribution in [3.63, 3.8) is 0 Å². The molecule has 0 radical (unpaired) electrons. The number of hydrogen-bond acceptors (Lipinski definition) is 2. The van der Waals surface area contributed by atoms with E-state index in [1.807, 2.05) is 6.07 Å². The van der Waals surface area contributed by atoms with Gasteiger partial charge in [-0.05, 0) is 37.8 Å². The zero-order valence-electron chi connectivity index (χ0n) is 9.21. The lowest BCUT2D eigenvalue weighted by Gasteiger charge is -2.35. The summed E-state index contributed by atoms with van der Waals surface area (Å²) in [5.74, 6) is 0.597. The first kappa shape index (κ1) is 10.1. The Hall–Kier alpha value is -1.09. The van der Waals surface area contributed by atoms with Crippen molar-refractivity contribution in [3.05, 3.63) is 29.6 Å². The smallest absolute Gasteiger partial charge is 0.130 e. The molecule has 1 fully saturated rings. The van der Waals surface area contributed by atoms with Crippen LogP contribution in [-0.4, -0.2) is 11.6 Å².